The summed E-state index contributed by atoms with van der Waals surface area (Å²) in [6.07, 6.45) is 3.59. The van der Waals surface area contributed by atoms with Crippen LogP contribution in [0.15, 0.2) is 30.3 Å². The van der Waals surface area contributed by atoms with Crippen molar-refractivity contribution < 1.29 is 23.9 Å². The first-order valence-electron chi connectivity index (χ1n) is 10.1. The molecule has 0 aliphatic carbocycles. The van der Waals surface area contributed by atoms with Crippen molar-refractivity contribution >= 4 is 29.7 Å². The Labute approximate surface area is 177 Å². The van der Waals surface area contributed by atoms with Gasteiger partial charge in [-0.15, -0.1) is 0 Å². The van der Waals surface area contributed by atoms with Gasteiger partial charge in [0.25, 0.3) is 0 Å². The van der Waals surface area contributed by atoms with E-state index in [1.165, 1.54) is 11.0 Å². The Morgan fingerprint density at radius 1 is 1.23 bits per heavy atom. The Morgan fingerprint density at radius 2 is 1.90 bits per heavy atom. The number of amides is 2. The molecule has 0 aromatic heterocycles. The van der Waals surface area contributed by atoms with Gasteiger partial charge < -0.3 is 25.4 Å². The van der Waals surface area contributed by atoms with Crippen LogP contribution >= 0.6 is 0 Å². The van der Waals surface area contributed by atoms with E-state index in [1.54, 1.807) is 58.0 Å². The van der Waals surface area contributed by atoms with Gasteiger partial charge in [0, 0.05) is 18.3 Å². The van der Waals surface area contributed by atoms with Gasteiger partial charge >= 0.3 is 12.1 Å². The molecule has 8 nitrogen and oxygen atoms in total. The number of nitrogens with two attached hydrogens (primary N) is 1. The third-order valence-electron chi connectivity index (χ3n) is 4.49. The van der Waals surface area contributed by atoms with Gasteiger partial charge in [-0.05, 0) is 64.3 Å². The smallest absolute Gasteiger partial charge is 0.410 e. The fourth-order valence-electron chi connectivity index (χ4n) is 3.04. The number of carbonyl (C=O) groups excluding carboxylic acids is 3. The first kappa shape index (κ1) is 23.4. The standard InChI is InChI=1S/C22H31N3O5/c1-5-29-18(26)12-9-16-7-10-17(11-8-16)24-19(27)22(23)13-6-14-25(15-22)20(28)30-21(2,3)4/h7-12H,5-6,13-15,23H2,1-4H3,(H,24,27). The summed E-state index contributed by atoms with van der Waals surface area (Å²) in [5.41, 5.74) is 5.91. The Morgan fingerprint density at radius 3 is 2.50 bits per heavy atom. The number of carbonyl (C=O) groups is 3. The van der Waals surface area contributed by atoms with Crippen LogP contribution in [0.4, 0.5) is 10.5 Å². The molecule has 1 saturated heterocycles. The van der Waals surface area contributed by atoms with Crippen LogP contribution in [0.5, 0.6) is 0 Å². The number of nitrogens with one attached hydrogen (secondary N) is 1. The topological polar surface area (TPSA) is 111 Å². The van der Waals surface area contributed by atoms with Gasteiger partial charge in [0.05, 0.1) is 13.2 Å². The average molecular weight is 418 g/mol. The van der Waals surface area contributed by atoms with E-state index in [0.29, 0.717) is 31.7 Å². The van der Waals surface area contributed by atoms with E-state index >= 15 is 0 Å². The number of benzene rings is 1. The third kappa shape index (κ3) is 6.88. The van der Waals surface area contributed by atoms with Crippen LogP contribution in [0.2, 0.25) is 0 Å². The number of anilines is 1. The first-order valence-corrected chi connectivity index (χ1v) is 10.1. The summed E-state index contributed by atoms with van der Waals surface area (Å²) in [5, 5.41) is 2.81. The van der Waals surface area contributed by atoms with Gasteiger partial charge in [-0.2, -0.15) is 0 Å². The lowest BCUT2D eigenvalue weighted by Crippen LogP contribution is -2.62. The highest BCUT2D eigenvalue weighted by Crippen LogP contribution is 2.23. The highest BCUT2D eigenvalue weighted by molar-refractivity contribution is 5.98. The number of ether oxygens (including phenoxy) is 2. The molecule has 1 unspecified atom stereocenters. The molecule has 1 aliphatic rings. The number of nitrogens with zero attached hydrogens (tertiary/aromatic N) is 1. The second kappa shape index (κ2) is 9.75. The number of piperidine rings is 1. The average Bonchev–Trinajstić information content (AvgIpc) is 2.66. The second-order valence-corrected chi connectivity index (χ2v) is 8.32. The van der Waals surface area contributed by atoms with Crippen molar-refractivity contribution in [1.29, 1.82) is 0 Å². The molecule has 164 valence electrons. The molecule has 1 aromatic carbocycles. The quantitative estimate of drug-likeness (QED) is 0.563. The van der Waals surface area contributed by atoms with Gasteiger partial charge in [-0.1, -0.05) is 12.1 Å². The highest BCUT2D eigenvalue weighted by atomic mass is 16.6. The molecule has 1 fully saturated rings. The fraction of sp³-hybridized carbons (Fsp3) is 0.500. The lowest BCUT2D eigenvalue weighted by Gasteiger charge is -2.39. The molecule has 3 N–H and O–H groups in total. The molecule has 8 heteroatoms. The van der Waals surface area contributed by atoms with Crippen molar-refractivity contribution in [2.45, 2.75) is 51.7 Å². The van der Waals surface area contributed by atoms with Crippen LogP contribution in [0, 0.1) is 0 Å². The maximum atomic E-state index is 12.8. The maximum Gasteiger partial charge on any atom is 0.410 e. The molecule has 1 atom stereocenters. The summed E-state index contributed by atoms with van der Waals surface area (Å²) in [5.74, 6) is -0.766. The summed E-state index contributed by atoms with van der Waals surface area (Å²) in [7, 11) is 0. The molecule has 30 heavy (non-hydrogen) atoms. The minimum Gasteiger partial charge on any atom is -0.463 e. The zero-order chi connectivity index (χ0) is 22.4. The van der Waals surface area contributed by atoms with Gasteiger partial charge in [0.2, 0.25) is 5.91 Å². The van der Waals surface area contributed by atoms with Gasteiger partial charge in [0.15, 0.2) is 0 Å². The summed E-state index contributed by atoms with van der Waals surface area (Å²) in [6.45, 7) is 8.04. The number of hydrogen-bond donors (Lipinski definition) is 2. The minimum absolute atomic E-state index is 0.0914. The van der Waals surface area contributed by atoms with Crippen molar-refractivity contribution in [1.82, 2.24) is 4.90 Å². The summed E-state index contributed by atoms with van der Waals surface area (Å²) < 4.78 is 10.2. The summed E-state index contributed by atoms with van der Waals surface area (Å²) in [6, 6.07) is 6.98. The Kier molecular flexibility index (Phi) is 7.61. The van der Waals surface area contributed by atoms with Crippen LogP contribution in [0.1, 0.15) is 46.1 Å². The monoisotopic (exact) mass is 417 g/mol. The molecular weight excluding hydrogens is 386 g/mol. The summed E-state index contributed by atoms with van der Waals surface area (Å²) in [4.78, 5) is 38.0. The number of rotatable bonds is 5. The molecule has 0 saturated carbocycles. The molecule has 1 heterocycles. The van der Waals surface area contributed by atoms with Crippen molar-refractivity contribution in [3.63, 3.8) is 0 Å². The van der Waals surface area contributed by atoms with Crippen LogP contribution in [-0.2, 0) is 19.1 Å². The zero-order valence-electron chi connectivity index (χ0n) is 18.1. The van der Waals surface area contributed by atoms with Crippen LogP contribution in [0.3, 0.4) is 0 Å². The lowest BCUT2D eigenvalue weighted by atomic mass is 9.89. The number of hydrogen-bond acceptors (Lipinski definition) is 6. The second-order valence-electron chi connectivity index (χ2n) is 8.32. The Bertz CT molecular complexity index is 798. The molecule has 0 radical (unpaired) electrons. The molecule has 0 bridgehead atoms. The van der Waals surface area contributed by atoms with E-state index in [-0.39, 0.29) is 12.5 Å². The zero-order valence-corrected chi connectivity index (χ0v) is 18.1. The maximum absolute atomic E-state index is 12.8. The van der Waals surface area contributed by atoms with Crippen LogP contribution in [0.25, 0.3) is 6.08 Å². The molecular formula is C22H31N3O5. The van der Waals surface area contributed by atoms with Crippen LogP contribution in [-0.4, -0.2) is 53.7 Å². The largest absolute Gasteiger partial charge is 0.463 e. The Balaban J connectivity index is 1.99. The van der Waals surface area contributed by atoms with Crippen molar-refractivity contribution in [3.05, 3.63) is 35.9 Å². The first-order chi connectivity index (χ1) is 14.0. The number of likely N-dealkylation sites (tertiary alicyclic amines) is 1. The third-order valence-corrected chi connectivity index (χ3v) is 4.49. The predicted octanol–water partition coefficient (Wildman–Crippen LogP) is 2.93. The van der Waals surface area contributed by atoms with E-state index in [0.717, 1.165) is 5.56 Å². The molecule has 1 aromatic rings. The molecule has 1 aliphatic heterocycles. The van der Waals surface area contributed by atoms with E-state index in [1.807, 2.05) is 0 Å². The van der Waals surface area contributed by atoms with E-state index in [2.05, 4.69) is 5.32 Å². The normalized spacial score (nSPS) is 19.4. The summed E-state index contributed by atoms with van der Waals surface area (Å²) >= 11 is 0. The van der Waals surface area contributed by atoms with E-state index < -0.39 is 23.2 Å². The predicted molar refractivity (Wildman–Crippen MR) is 115 cm³/mol. The van der Waals surface area contributed by atoms with E-state index in [4.69, 9.17) is 15.2 Å². The van der Waals surface area contributed by atoms with Gasteiger partial charge in [-0.3, -0.25) is 4.79 Å². The van der Waals surface area contributed by atoms with Crippen molar-refractivity contribution in [2.24, 2.45) is 5.73 Å². The SMILES string of the molecule is CCOC(=O)C=Cc1ccc(NC(=O)C2(N)CCCN(C(=O)OC(C)(C)C)C2)cc1. The van der Waals surface area contributed by atoms with E-state index in [9.17, 15) is 14.4 Å². The molecule has 0 spiro atoms. The lowest BCUT2D eigenvalue weighted by molar-refractivity contribution is -0.137. The number of esters is 1. The van der Waals surface area contributed by atoms with Crippen molar-refractivity contribution in [2.75, 3.05) is 25.0 Å². The van der Waals surface area contributed by atoms with Gasteiger partial charge in [0.1, 0.15) is 11.1 Å². The van der Waals surface area contributed by atoms with Crippen LogP contribution < -0.4 is 11.1 Å². The minimum atomic E-state index is -1.20. The van der Waals surface area contributed by atoms with Gasteiger partial charge in [-0.25, -0.2) is 9.59 Å². The molecule has 2 amide bonds. The fourth-order valence-corrected chi connectivity index (χ4v) is 3.04. The van der Waals surface area contributed by atoms with Crippen molar-refractivity contribution in [3.8, 4) is 0 Å². The molecule has 2 rings (SSSR count). The Hall–Kier alpha value is -2.87. The highest BCUT2D eigenvalue weighted by Gasteiger charge is 2.41.